The Balaban J connectivity index is 2.06. The molecule has 0 bridgehead atoms. The average Bonchev–Trinajstić information content (AvgIpc) is 2.36. The predicted octanol–water partition coefficient (Wildman–Crippen LogP) is 1.07. The van der Waals surface area contributed by atoms with Crippen LogP contribution in [0.5, 0.6) is 0 Å². The first kappa shape index (κ1) is 12.4. The van der Waals surface area contributed by atoms with Crippen molar-refractivity contribution in [1.82, 2.24) is 10.3 Å². The van der Waals surface area contributed by atoms with Crippen molar-refractivity contribution in [2.75, 3.05) is 13.1 Å². The fourth-order valence-corrected chi connectivity index (χ4v) is 2.51. The van der Waals surface area contributed by atoms with Crippen LogP contribution in [0, 0.1) is 0 Å². The standard InChI is InChI=1S/C12H17BrN4/c13-11-2-1-10-7-17(4-3-9(10)5-11)8-12(6-14)16-15/h1-2,5-6,16H,3-4,7-8,14-15H2/b12-6-. The Bertz CT molecular complexity index is 431. The highest BCUT2D eigenvalue weighted by Crippen LogP contribution is 2.22. The van der Waals surface area contributed by atoms with Gasteiger partial charge in [0.25, 0.3) is 0 Å². The minimum atomic E-state index is 0.766. The molecule has 2 rings (SSSR count). The molecule has 92 valence electrons. The van der Waals surface area contributed by atoms with Gasteiger partial charge in [0.15, 0.2) is 0 Å². The van der Waals surface area contributed by atoms with E-state index in [0.29, 0.717) is 0 Å². The number of rotatable bonds is 3. The van der Waals surface area contributed by atoms with Crippen molar-refractivity contribution in [2.24, 2.45) is 11.6 Å². The van der Waals surface area contributed by atoms with E-state index >= 15 is 0 Å². The Kier molecular flexibility index (Phi) is 4.04. The maximum atomic E-state index is 5.48. The van der Waals surface area contributed by atoms with Crippen molar-refractivity contribution >= 4 is 15.9 Å². The minimum Gasteiger partial charge on any atom is -0.403 e. The van der Waals surface area contributed by atoms with E-state index in [0.717, 1.165) is 36.2 Å². The van der Waals surface area contributed by atoms with Gasteiger partial charge in [-0.1, -0.05) is 22.0 Å². The third-order valence-corrected chi connectivity index (χ3v) is 3.53. The summed E-state index contributed by atoms with van der Waals surface area (Å²) >= 11 is 3.50. The summed E-state index contributed by atoms with van der Waals surface area (Å²) < 4.78 is 1.15. The number of nitrogens with one attached hydrogen (secondary N) is 1. The van der Waals surface area contributed by atoms with Crippen molar-refractivity contribution < 1.29 is 0 Å². The summed E-state index contributed by atoms with van der Waals surface area (Å²) in [6, 6.07) is 6.46. The largest absolute Gasteiger partial charge is 0.403 e. The first-order valence-electron chi connectivity index (χ1n) is 5.60. The predicted molar refractivity (Wildman–Crippen MR) is 72.7 cm³/mol. The van der Waals surface area contributed by atoms with Crippen LogP contribution in [0.3, 0.4) is 0 Å². The Hall–Kier alpha value is -1.04. The molecule has 17 heavy (non-hydrogen) atoms. The molecule has 0 amide bonds. The van der Waals surface area contributed by atoms with Gasteiger partial charge in [-0.05, 0) is 29.7 Å². The van der Waals surface area contributed by atoms with Crippen molar-refractivity contribution in [3.63, 3.8) is 0 Å². The van der Waals surface area contributed by atoms with E-state index in [-0.39, 0.29) is 0 Å². The van der Waals surface area contributed by atoms with E-state index in [1.165, 1.54) is 17.3 Å². The summed E-state index contributed by atoms with van der Waals surface area (Å²) in [5, 5.41) is 0. The third kappa shape index (κ3) is 3.00. The zero-order valence-electron chi connectivity index (χ0n) is 9.62. The van der Waals surface area contributed by atoms with Crippen LogP contribution in [0.4, 0.5) is 0 Å². The van der Waals surface area contributed by atoms with E-state index in [1.54, 1.807) is 0 Å². The van der Waals surface area contributed by atoms with Crippen LogP contribution in [0.2, 0.25) is 0 Å². The third-order valence-electron chi connectivity index (χ3n) is 3.04. The normalized spacial score (nSPS) is 16.7. The average molecular weight is 297 g/mol. The molecule has 0 saturated carbocycles. The van der Waals surface area contributed by atoms with Crippen LogP contribution in [0.15, 0.2) is 34.6 Å². The molecule has 1 heterocycles. The van der Waals surface area contributed by atoms with Gasteiger partial charge in [0.1, 0.15) is 0 Å². The lowest BCUT2D eigenvalue weighted by Gasteiger charge is -2.29. The van der Waals surface area contributed by atoms with Gasteiger partial charge in [-0.15, -0.1) is 0 Å². The van der Waals surface area contributed by atoms with Crippen LogP contribution in [-0.2, 0) is 13.0 Å². The minimum absolute atomic E-state index is 0.766. The number of hydrazine groups is 1. The lowest BCUT2D eigenvalue weighted by molar-refractivity contribution is 0.270. The lowest BCUT2D eigenvalue weighted by Crippen LogP contribution is -2.37. The molecule has 0 aliphatic carbocycles. The molecule has 5 N–H and O–H groups in total. The van der Waals surface area contributed by atoms with E-state index in [2.05, 4.69) is 44.5 Å². The van der Waals surface area contributed by atoms with Gasteiger partial charge in [-0.25, -0.2) is 0 Å². The zero-order chi connectivity index (χ0) is 12.3. The van der Waals surface area contributed by atoms with Crippen molar-refractivity contribution in [2.45, 2.75) is 13.0 Å². The van der Waals surface area contributed by atoms with Gasteiger partial charge in [-0.3, -0.25) is 10.7 Å². The fourth-order valence-electron chi connectivity index (χ4n) is 2.10. The highest BCUT2D eigenvalue weighted by Gasteiger charge is 2.16. The second kappa shape index (κ2) is 5.53. The molecule has 1 aliphatic rings. The molecule has 0 unspecified atom stereocenters. The molecule has 0 fully saturated rings. The Morgan fingerprint density at radius 1 is 1.47 bits per heavy atom. The summed E-state index contributed by atoms with van der Waals surface area (Å²) in [4.78, 5) is 2.33. The van der Waals surface area contributed by atoms with Crippen LogP contribution < -0.4 is 17.0 Å². The number of nitrogens with two attached hydrogens (primary N) is 2. The van der Waals surface area contributed by atoms with E-state index in [1.807, 2.05) is 0 Å². The molecule has 0 radical (unpaired) electrons. The van der Waals surface area contributed by atoms with E-state index in [4.69, 9.17) is 11.6 Å². The lowest BCUT2D eigenvalue weighted by atomic mass is 10.00. The van der Waals surface area contributed by atoms with Gasteiger partial charge >= 0.3 is 0 Å². The van der Waals surface area contributed by atoms with Crippen LogP contribution in [0.1, 0.15) is 11.1 Å². The quantitative estimate of drug-likeness (QED) is 0.577. The number of fused-ring (bicyclic) bond motifs is 1. The van der Waals surface area contributed by atoms with Gasteiger partial charge in [0, 0.05) is 30.3 Å². The van der Waals surface area contributed by atoms with Crippen molar-refractivity contribution in [1.29, 1.82) is 0 Å². The Morgan fingerprint density at radius 3 is 3.00 bits per heavy atom. The van der Waals surface area contributed by atoms with Gasteiger partial charge in [0.05, 0.1) is 5.70 Å². The monoisotopic (exact) mass is 296 g/mol. The van der Waals surface area contributed by atoms with Crippen LogP contribution in [0.25, 0.3) is 0 Å². The molecule has 1 aromatic rings. The number of nitrogens with zero attached hydrogens (tertiary/aromatic N) is 1. The first-order valence-corrected chi connectivity index (χ1v) is 6.39. The zero-order valence-corrected chi connectivity index (χ0v) is 11.2. The van der Waals surface area contributed by atoms with Gasteiger partial charge < -0.3 is 11.2 Å². The summed E-state index contributed by atoms with van der Waals surface area (Å²) in [5.41, 5.74) is 11.8. The maximum absolute atomic E-state index is 5.48. The first-order chi connectivity index (χ1) is 8.22. The second-order valence-electron chi connectivity index (χ2n) is 4.21. The Morgan fingerprint density at radius 2 is 2.29 bits per heavy atom. The number of benzene rings is 1. The summed E-state index contributed by atoms with van der Waals surface area (Å²) in [7, 11) is 0. The number of halogens is 1. The summed E-state index contributed by atoms with van der Waals surface area (Å²) in [6.07, 6.45) is 2.59. The molecular formula is C12H17BrN4. The molecular weight excluding hydrogens is 280 g/mol. The van der Waals surface area contributed by atoms with E-state index < -0.39 is 0 Å². The molecule has 4 nitrogen and oxygen atoms in total. The van der Waals surface area contributed by atoms with Crippen LogP contribution in [-0.4, -0.2) is 18.0 Å². The SMILES string of the molecule is N/C=C(/CN1CCc2cc(Br)ccc2C1)NN. The maximum Gasteiger partial charge on any atom is 0.0554 e. The molecule has 1 aliphatic heterocycles. The molecule has 5 heteroatoms. The van der Waals surface area contributed by atoms with Gasteiger partial charge in [0.2, 0.25) is 0 Å². The van der Waals surface area contributed by atoms with Crippen LogP contribution >= 0.6 is 15.9 Å². The molecule has 0 aromatic heterocycles. The number of hydrogen-bond donors (Lipinski definition) is 3. The van der Waals surface area contributed by atoms with E-state index in [9.17, 15) is 0 Å². The Labute approximate surface area is 110 Å². The van der Waals surface area contributed by atoms with Crippen molar-refractivity contribution in [3.8, 4) is 0 Å². The smallest absolute Gasteiger partial charge is 0.0554 e. The van der Waals surface area contributed by atoms with Crippen molar-refractivity contribution in [3.05, 3.63) is 45.7 Å². The topological polar surface area (TPSA) is 67.3 Å². The summed E-state index contributed by atoms with van der Waals surface area (Å²) in [6.45, 7) is 2.74. The van der Waals surface area contributed by atoms with Gasteiger partial charge in [-0.2, -0.15) is 0 Å². The molecule has 0 saturated heterocycles. The second-order valence-corrected chi connectivity index (χ2v) is 5.13. The highest BCUT2D eigenvalue weighted by molar-refractivity contribution is 9.10. The highest BCUT2D eigenvalue weighted by atomic mass is 79.9. The molecule has 0 spiro atoms. The number of hydrogen-bond acceptors (Lipinski definition) is 4. The fraction of sp³-hybridized carbons (Fsp3) is 0.333. The molecule has 0 atom stereocenters. The molecule has 1 aromatic carbocycles. The summed E-state index contributed by atoms with van der Waals surface area (Å²) in [5.74, 6) is 5.38.